The number of benzene rings is 1. The van der Waals surface area contributed by atoms with Gasteiger partial charge in [0.1, 0.15) is 0 Å². The van der Waals surface area contributed by atoms with E-state index < -0.39 is 11.4 Å². The number of nitrogens with zero attached hydrogens (tertiary/aromatic N) is 1. The molecule has 3 unspecified atom stereocenters. The molecule has 1 aromatic rings. The third-order valence-electron chi connectivity index (χ3n) is 3.50. The van der Waals surface area contributed by atoms with Crippen molar-refractivity contribution in [2.24, 2.45) is 0 Å². The van der Waals surface area contributed by atoms with Gasteiger partial charge in [-0.2, -0.15) is 0 Å². The zero-order valence-corrected chi connectivity index (χ0v) is 11.8. The van der Waals surface area contributed by atoms with Crippen molar-refractivity contribution in [3.8, 4) is 0 Å². The molecular formula is C12H15BrN2OS. The van der Waals surface area contributed by atoms with Gasteiger partial charge >= 0.3 is 0 Å². The minimum absolute atomic E-state index is 0.438. The Balaban J connectivity index is 1.84. The molecule has 2 aliphatic rings. The number of rotatable bonds is 2. The predicted octanol–water partition coefficient (Wildman–Crippen LogP) is 1.91. The number of nitrogens with one attached hydrogen (secondary N) is 1. The summed E-state index contributed by atoms with van der Waals surface area (Å²) in [5.41, 5.74) is 0. The molecular weight excluding hydrogens is 300 g/mol. The molecule has 2 bridgehead atoms. The van der Waals surface area contributed by atoms with E-state index in [4.69, 9.17) is 0 Å². The van der Waals surface area contributed by atoms with Crippen LogP contribution in [0.2, 0.25) is 0 Å². The summed E-state index contributed by atoms with van der Waals surface area (Å²) in [7, 11) is 0. The van der Waals surface area contributed by atoms with Crippen molar-refractivity contribution in [1.82, 2.24) is 9.62 Å². The van der Waals surface area contributed by atoms with Gasteiger partial charge in [-0.25, -0.2) is 0 Å². The maximum atomic E-state index is 12.6. The van der Waals surface area contributed by atoms with Crippen LogP contribution in [0.5, 0.6) is 0 Å². The molecule has 2 aliphatic heterocycles. The number of fused-ring (bicyclic) bond motifs is 2. The van der Waals surface area contributed by atoms with E-state index in [1.165, 1.54) is 0 Å². The Morgan fingerprint density at radius 2 is 2.00 bits per heavy atom. The van der Waals surface area contributed by atoms with E-state index in [1.807, 2.05) is 24.3 Å². The highest BCUT2D eigenvalue weighted by Crippen LogP contribution is 2.33. The number of hydrogen-bond acceptors (Lipinski definition) is 3. The van der Waals surface area contributed by atoms with Crippen molar-refractivity contribution in [2.45, 2.75) is 29.8 Å². The van der Waals surface area contributed by atoms with Crippen molar-refractivity contribution in [1.29, 1.82) is 0 Å². The second kappa shape index (κ2) is 4.90. The lowest BCUT2D eigenvalue weighted by molar-refractivity contribution is 0.263. The molecule has 3 rings (SSSR count). The predicted molar refractivity (Wildman–Crippen MR) is 72.1 cm³/mol. The van der Waals surface area contributed by atoms with E-state index in [-0.39, 0.29) is 0 Å². The lowest BCUT2D eigenvalue weighted by Gasteiger charge is -2.34. The Morgan fingerprint density at radius 3 is 2.65 bits per heavy atom. The highest BCUT2D eigenvalue weighted by molar-refractivity contribution is 9.10. The number of hydrogen-bond donors (Lipinski definition) is 1. The molecule has 0 spiro atoms. The van der Waals surface area contributed by atoms with Gasteiger partial charge in [-0.1, -0.05) is 22.0 Å². The van der Waals surface area contributed by atoms with Gasteiger partial charge < -0.3 is 9.87 Å². The van der Waals surface area contributed by atoms with Gasteiger partial charge in [0.05, 0.1) is 23.4 Å². The summed E-state index contributed by atoms with van der Waals surface area (Å²) in [5, 5.41) is 3.41. The van der Waals surface area contributed by atoms with Gasteiger partial charge in [0.15, 0.2) is 4.90 Å². The molecule has 3 nitrogen and oxygen atoms in total. The molecule has 2 saturated heterocycles. The normalized spacial score (nSPS) is 30.5. The van der Waals surface area contributed by atoms with E-state index >= 15 is 0 Å². The van der Waals surface area contributed by atoms with Gasteiger partial charge in [-0.15, -0.1) is 4.31 Å². The van der Waals surface area contributed by atoms with Crippen LogP contribution in [0.1, 0.15) is 12.8 Å². The second-order valence-electron chi connectivity index (χ2n) is 4.61. The second-order valence-corrected chi connectivity index (χ2v) is 6.92. The van der Waals surface area contributed by atoms with Crippen molar-refractivity contribution >= 4 is 27.3 Å². The lowest BCUT2D eigenvalue weighted by atomic mass is 10.2. The van der Waals surface area contributed by atoms with E-state index in [1.54, 1.807) is 0 Å². The molecule has 1 N–H and O–H groups in total. The average Bonchev–Trinajstić information content (AvgIpc) is 2.58. The van der Waals surface area contributed by atoms with Crippen LogP contribution in [0.15, 0.2) is 33.6 Å². The van der Waals surface area contributed by atoms with Crippen LogP contribution in [0, 0.1) is 0 Å². The van der Waals surface area contributed by atoms with E-state index in [9.17, 15) is 4.55 Å². The standard InChI is InChI=1S/C12H15BrN2OS/c13-9-2-1-3-12(6-9)17(16)15-10-4-5-11(15)8-14-7-10/h1-3,6,10-11,14H,4-5,7-8H2. The third-order valence-corrected chi connectivity index (χ3v) is 5.63. The minimum Gasteiger partial charge on any atom is -0.593 e. The molecule has 2 fully saturated rings. The van der Waals surface area contributed by atoms with Crippen LogP contribution >= 0.6 is 15.9 Å². The molecule has 0 saturated carbocycles. The van der Waals surface area contributed by atoms with Crippen molar-refractivity contribution in [3.63, 3.8) is 0 Å². The third kappa shape index (κ3) is 2.27. The fourth-order valence-electron chi connectivity index (χ4n) is 2.71. The van der Waals surface area contributed by atoms with Crippen LogP contribution in [-0.4, -0.2) is 34.0 Å². The first-order chi connectivity index (χ1) is 8.25. The molecule has 5 heteroatoms. The van der Waals surface area contributed by atoms with E-state index in [0.717, 1.165) is 35.3 Å². The number of halogens is 1. The smallest absolute Gasteiger partial charge is 0.175 e. The average molecular weight is 315 g/mol. The summed E-state index contributed by atoms with van der Waals surface area (Å²) in [5.74, 6) is 0. The summed E-state index contributed by atoms with van der Waals surface area (Å²) in [6, 6.07) is 8.69. The molecule has 1 aromatic carbocycles. The molecule has 0 aliphatic carbocycles. The summed E-state index contributed by atoms with van der Waals surface area (Å²) >= 11 is 2.42. The van der Waals surface area contributed by atoms with Gasteiger partial charge in [0, 0.05) is 23.6 Å². The monoisotopic (exact) mass is 314 g/mol. The van der Waals surface area contributed by atoms with Gasteiger partial charge in [-0.05, 0) is 25.0 Å². The van der Waals surface area contributed by atoms with Crippen LogP contribution in [-0.2, 0) is 11.4 Å². The topological polar surface area (TPSA) is 38.3 Å². The number of piperazine rings is 1. The Morgan fingerprint density at radius 1 is 1.29 bits per heavy atom. The highest BCUT2D eigenvalue weighted by Gasteiger charge is 2.44. The zero-order valence-electron chi connectivity index (χ0n) is 9.43. The van der Waals surface area contributed by atoms with Crippen LogP contribution in [0.4, 0.5) is 0 Å². The zero-order chi connectivity index (χ0) is 11.8. The fraction of sp³-hybridized carbons (Fsp3) is 0.500. The van der Waals surface area contributed by atoms with Crippen molar-refractivity contribution in [3.05, 3.63) is 28.7 Å². The molecule has 0 radical (unpaired) electrons. The van der Waals surface area contributed by atoms with E-state index in [2.05, 4.69) is 25.6 Å². The van der Waals surface area contributed by atoms with Gasteiger partial charge in [-0.3, -0.25) is 0 Å². The first-order valence-corrected chi connectivity index (χ1v) is 7.82. The largest absolute Gasteiger partial charge is 0.593 e. The molecule has 92 valence electrons. The van der Waals surface area contributed by atoms with Crippen LogP contribution in [0.3, 0.4) is 0 Å². The Hall–Kier alpha value is -0.0700. The van der Waals surface area contributed by atoms with Crippen LogP contribution in [0.25, 0.3) is 0 Å². The lowest BCUT2D eigenvalue weighted by Crippen LogP contribution is -2.53. The molecule has 17 heavy (non-hydrogen) atoms. The van der Waals surface area contributed by atoms with Crippen molar-refractivity contribution < 1.29 is 4.55 Å². The molecule has 3 atom stereocenters. The van der Waals surface area contributed by atoms with Gasteiger partial charge in [0.2, 0.25) is 0 Å². The van der Waals surface area contributed by atoms with Gasteiger partial charge in [0.25, 0.3) is 0 Å². The van der Waals surface area contributed by atoms with E-state index in [0.29, 0.717) is 12.1 Å². The summed E-state index contributed by atoms with van der Waals surface area (Å²) in [4.78, 5) is 0.901. The first-order valence-electron chi connectivity index (χ1n) is 5.92. The molecule has 2 heterocycles. The Labute approximate surface area is 113 Å². The molecule has 0 amide bonds. The van der Waals surface area contributed by atoms with Crippen LogP contribution < -0.4 is 5.32 Å². The van der Waals surface area contributed by atoms with Crippen molar-refractivity contribution in [2.75, 3.05) is 13.1 Å². The Bertz CT molecular complexity index is 401. The maximum absolute atomic E-state index is 12.6. The maximum Gasteiger partial charge on any atom is 0.175 e. The summed E-state index contributed by atoms with van der Waals surface area (Å²) < 4.78 is 15.8. The quantitative estimate of drug-likeness (QED) is 0.847. The molecule has 0 aromatic heterocycles. The summed E-state index contributed by atoms with van der Waals surface area (Å²) in [6.07, 6.45) is 2.33. The first kappa shape index (κ1) is 12.0. The Kier molecular flexibility index (Phi) is 3.45. The minimum atomic E-state index is -1.01. The SMILES string of the molecule is [O-][S+](c1cccc(Br)c1)N1C2CCC1CNC2. The summed E-state index contributed by atoms with van der Waals surface area (Å²) in [6.45, 7) is 1.94. The highest BCUT2D eigenvalue weighted by atomic mass is 79.9. The fourth-order valence-corrected chi connectivity index (χ4v) is 4.82.